The highest BCUT2D eigenvalue weighted by Gasteiger charge is 2.26. The van der Waals surface area contributed by atoms with Crippen LogP contribution in [0.1, 0.15) is 24.0 Å². The number of hydrogen-bond donors (Lipinski definition) is 1. The molecule has 0 radical (unpaired) electrons. The Hall–Kier alpha value is -1.44. The predicted molar refractivity (Wildman–Crippen MR) is 98.4 cm³/mol. The molecule has 1 saturated heterocycles. The number of nitrogens with one attached hydrogen (secondary N) is 1. The summed E-state index contributed by atoms with van der Waals surface area (Å²) in [5.41, 5.74) is 2.07. The lowest BCUT2D eigenvalue weighted by Crippen LogP contribution is -2.27. The molecular weight excluding hydrogens is 390 g/mol. The van der Waals surface area contributed by atoms with Crippen molar-refractivity contribution in [3.8, 4) is 0 Å². The highest BCUT2D eigenvalue weighted by molar-refractivity contribution is 9.10. The first-order valence-corrected chi connectivity index (χ1v) is 10.2. The number of pyridine rings is 1. The SMILES string of the molecule is Cc1cc(Br)cnc1NCc1ccc(S(=O)(=O)N2CCCC2)cc1. The van der Waals surface area contributed by atoms with E-state index >= 15 is 0 Å². The summed E-state index contributed by atoms with van der Waals surface area (Å²) in [7, 11) is -3.34. The number of aryl methyl sites for hydroxylation is 1. The van der Waals surface area contributed by atoms with Crippen LogP contribution in [0.5, 0.6) is 0 Å². The lowest BCUT2D eigenvalue weighted by Gasteiger charge is -2.15. The normalized spacial score (nSPS) is 15.6. The quantitative estimate of drug-likeness (QED) is 0.819. The fraction of sp³-hybridized carbons (Fsp3) is 0.353. The molecular formula is C17H20BrN3O2S. The summed E-state index contributed by atoms with van der Waals surface area (Å²) in [6.07, 6.45) is 3.64. The first-order valence-electron chi connectivity index (χ1n) is 7.92. The Balaban J connectivity index is 1.68. The van der Waals surface area contributed by atoms with Gasteiger partial charge in [-0.1, -0.05) is 12.1 Å². The van der Waals surface area contributed by atoms with Gasteiger partial charge in [0.15, 0.2) is 0 Å². The van der Waals surface area contributed by atoms with Gasteiger partial charge in [0.25, 0.3) is 0 Å². The molecule has 2 heterocycles. The third kappa shape index (κ3) is 3.79. The lowest BCUT2D eigenvalue weighted by atomic mass is 10.2. The molecule has 0 amide bonds. The minimum Gasteiger partial charge on any atom is -0.366 e. The average Bonchev–Trinajstić information content (AvgIpc) is 3.10. The number of sulfonamides is 1. The van der Waals surface area contributed by atoms with Crippen LogP contribution in [0.15, 0.2) is 45.9 Å². The van der Waals surface area contributed by atoms with E-state index in [9.17, 15) is 8.42 Å². The van der Waals surface area contributed by atoms with Crippen molar-refractivity contribution in [1.29, 1.82) is 0 Å². The summed E-state index contributed by atoms with van der Waals surface area (Å²) in [5, 5.41) is 3.28. The van der Waals surface area contributed by atoms with Gasteiger partial charge >= 0.3 is 0 Å². The molecule has 2 aromatic rings. The van der Waals surface area contributed by atoms with E-state index in [2.05, 4.69) is 26.2 Å². The molecule has 1 aromatic heterocycles. The van der Waals surface area contributed by atoms with Crippen LogP contribution in [0.2, 0.25) is 0 Å². The molecule has 1 N–H and O–H groups in total. The molecule has 0 unspecified atom stereocenters. The lowest BCUT2D eigenvalue weighted by molar-refractivity contribution is 0.477. The minimum absolute atomic E-state index is 0.367. The maximum absolute atomic E-state index is 12.5. The van der Waals surface area contributed by atoms with Crippen LogP contribution < -0.4 is 5.32 Å². The largest absolute Gasteiger partial charge is 0.366 e. The van der Waals surface area contributed by atoms with Crippen molar-refractivity contribution in [2.75, 3.05) is 18.4 Å². The van der Waals surface area contributed by atoms with Crippen LogP contribution in [-0.2, 0) is 16.6 Å². The van der Waals surface area contributed by atoms with E-state index < -0.39 is 10.0 Å². The zero-order chi connectivity index (χ0) is 17.2. The first kappa shape index (κ1) is 17.4. The number of benzene rings is 1. The van der Waals surface area contributed by atoms with Crippen molar-refractivity contribution in [2.45, 2.75) is 31.2 Å². The molecule has 1 aliphatic rings. The Morgan fingerprint density at radius 1 is 1.21 bits per heavy atom. The zero-order valence-electron chi connectivity index (χ0n) is 13.5. The monoisotopic (exact) mass is 409 g/mol. The summed E-state index contributed by atoms with van der Waals surface area (Å²) < 4.78 is 27.5. The molecule has 7 heteroatoms. The molecule has 1 aromatic carbocycles. The van der Waals surface area contributed by atoms with E-state index in [0.29, 0.717) is 24.5 Å². The highest BCUT2D eigenvalue weighted by atomic mass is 79.9. The maximum Gasteiger partial charge on any atom is 0.243 e. The van der Waals surface area contributed by atoms with Crippen LogP contribution in [0, 0.1) is 6.92 Å². The second-order valence-corrected chi connectivity index (χ2v) is 8.78. The molecule has 128 valence electrons. The molecule has 24 heavy (non-hydrogen) atoms. The third-order valence-electron chi connectivity index (χ3n) is 4.13. The van der Waals surface area contributed by atoms with Gasteiger partial charge in [0.2, 0.25) is 10.0 Å². The van der Waals surface area contributed by atoms with E-state index in [1.165, 1.54) is 0 Å². The smallest absolute Gasteiger partial charge is 0.243 e. The molecule has 3 rings (SSSR count). The zero-order valence-corrected chi connectivity index (χ0v) is 15.9. The molecule has 1 fully saturated rings. The van der Waals surface area contributed by atoms with Crippen LogP contribution in [0.25, 0.3) is 0 Å². The number of hydrogen-bond acceptors (Lipinski definition) is 4. The summed E-state index contributed by atoms with van der Waals surface area (Å²) in [6.45, 7) is 3.84. The van der Waals surface area contributed by atoms with Crippen LogP contribution in [0.4, 0.5) is 5.82 Å². The topological polar surface area (TPSA) is 62.3 Å². The van der Waals surface area contributed by atoms with Gasteiger partial charge in [0, 0.05) is 30.3 Å². The molecule has 0 bridgehead atoms. The standard InChI is InChI=1S/C17H20BrN3O2S/c1-13-10-15(18)12-20-17(13)19-11-14-4-6-16(7-5-14)24(22,23)21-8-2-3-9-21/h4-7,10,12H,2-3,8-9,11H2,1H3,(H,19,20). The number of rotatable bonds is 5. The molecule has 0 saturated carbocycles. The molecule has 0 spiro atoms. The molecule has 1 aliphatic heterocycles. The summed E-state index contributed by atoms with van der Waals surface area (Å²) in [4.78, 5) is 4.71. The number of aromatic nitrogens is 1. The Morgan fingerprint density at radius 2 is 1.88 bits per heavy atom. The fourth-order valence-electron chi connectivity index (χ4n) is 2.77. The van der Waals surface area contributed by atoms with Gasteiger partial charge in [-0.3, -0.25) is 0 Å². The number of nitrogens with zero attached hydrogens (tertiary/aromatic N) is 2. The molecule has 0 atom stereocenters. The molecule has 5 nitrogen and oxygen atoms in total. The second-order valence-electron chi connectivity index (χ2n) is 5.93. The van der Waals surface area contributed by atoms with Gasteiger partial charge in [-0.25, -0.2) is 13.4 Å². The van der Waals surface area contributed by atoms with Gasteiger partial charge in [0.1, 0.15) is 5.82 Å². The van der Waals surface area contributed by atoms with E-state index in [1.807, 2.05) is 25.1 Å². The van der Waals surface area contributed by atoms with Crippen molar-refractivity contribution in [3.63, 3.8) is 0 Å². The Kier molecular flexibility index (Phi) is 5.22. The Labute approximate surface area is 151 Å². The van der Waals surface area contributed by atoms with Gasteiger partial charge in [0.05, 0.1) is 4.90 Å². The van der Waals surface area contributed by atoms with Crippen LogP contribution >= 0.6 is 15.9 Å². The number of anilines is 1. The van der Waals surface area contributed by atoms with Crippen molar-refractivity contribution >= 4 is 31.8 Å². The van der Waals surface area contributed by atoms with Crippen LogP contribution in [0.3, 0.4) is 0 Å². The van der Waals surface area contributed by atoms with Gasteiger partial charge in [-0.15, -0.1) is 0 Å². The number of halogens is 1. The summed E-state index contributed by atoms with van der Waals surface area (Å²) >= 11 is 3.40. The highest BCUT2D eigenvalue weighted by Crippen LogP contribution is 2.22. The van der Waals surface area contributed by atoms with Crippen molar-refractivity contribution < 1.29 is 8.42 Å². The van der Waals surface area contributed by atoms with Crippen molar-refractivity contribution in [3.05, 3.63) is 52.1 Å². The van der Waals surface area contributed by atoms with E-state index in [0.717, 1.165) is 34.3 Å². The van der Waals surface area contributed by atoms with E-state index in [-0.39, 0.29) is 0 Å². The second kappa shape index (κ2) is 7.21. The van der Waals surface area contributed by atoms with Crippen LogP contribution in [-0.4, -0.2) is 30.8 Å². The first-order chi connectivity index (χ1) is 11.5. The average molecular weight is 410 g/mol. The van der Waals surface area contributed by atoms with E-state index in [4.69, 9.17) is 0 Å². The van der Waals surface area contributed by atoms with Gasteiger partial charge < -0.3 is 5.32 Å². The fourth-order valence-corrected chi connectivity index (χ4v) is 4.73. The predicted octanol–water partition coefficient (Wildman–Crippen LogP) is 3.55. The summed E-state index contributed by atoms with van der Waals surface area (Å²) in [6, 6.07) is 9.08. The third-order valence-corrected chi connectivity index (χ3v) is 6.48. The molecule has 0 aliphatic carbocycles. The Morgan fingerprint density at radius 3 is 2.50 bits per heavy atom. The Bertz CT molecular complexity index is 816. The van der Waals surface area contributed by atoms with Gasteiger partial charge in [-0.05, 0) is 65.0 Å². The van der Waals surface area contributed by atoms with Crippen molar-refractivity contribution in [2.24, 2.45) is 0 Å². The van der Waals surface area contributed by atoms with Crippen molar-refractivity contribution in [1.82, 2.24) is 9.29 Å². The maximum atomic E-state index is 12.5. The van der Waals surface area contributed by atoms with Gasteiger partial charge in [-0.2, -0.15) is 4.31 Å². The van der Waals surface area contributed by atoms with E-state index in [1.54, 1.807) is 22.6 Å². The summed E-state index contributed by atoms with van der Waals surface area (Å²) in [5.74, 6) is 0.826. The minimum atomic E-state index is -3.34.